The molecule has 8 heteroatoms. The molecule has 0 heterocycles. The normalized spacial score (nSPS) is 11.1. The van der Waals surface area contributed by atoms with Crippen LogP contribution in [0.25, 0.3) is 0 Å². The van der Waals surface area contributed by atoms with Gasteiger partial charge < -0.3 is 9.47 Å². The molecule has 0 atom stereocenters. The van der Waals surface area contributed by atoms with Gasteiger partial charge in [0, 0.05) is 11.1 Å². The first-order chi connectivity index (χ1) is 13.2. The van der Waals surface area contributed by atoms with Crippen LogP contribution in [-0.4, -0.2) is 32.5 Å². The predicted octanol–water partition coefficient (Wildman–Crippen LogP) is 3.33. The van der Waals surface area contributed by atoms with Crippen LogP contribution in [0.4, 0.5) is 4.39 Å². The molecule has 28 heavy (non-hydrogen) atoms. The Hall–Kier alpha value is -2.74. The number of sulfone groups is 1. The molecular formula is C20H21FO6S. The Bertz CT molecular complexity index is 951. The van der Waals surface area contributed by atoms with Gasteiger partial charge in [-0.1, -0.05) is 0 Å². The first kappa shape index (κ1) is 21.6. The number of hydrogen-bond acceptors (Lipinski definition) is 6. The Morgan fingerprint density at radius 1 is 1.07 bits per heavy atom. The van der Waals surface area contributed by atoms with Crippen LogP contribution in [0.2, 0.25) is 0 Å². The fourth-order valence-electron chi connectivity index (χ4n) is 2.42. The number of benzene rings is 2. The molecule has 0 fully saturated rings. The van der Waals surface area contributed by atoms with E-state index in [1.54, 1.807) is 25.1 Å². The standard InChI is InChI=1S/C20H21FO6S/c1-3-26-19-9-4-15(14(2)22)12-16(19)13-27-20(23)10-11-28(24,25)18-7-5-17(21)6-8-18/h4-9,12H,3,10-11,13H2,1-2H3. The fourth-order valence-corrected chi connectivity index (χ4v) is 3.64. The van der Waals surface area contributed by atoms with E-state index in [4.69, 9.17) is 9.47 Å². The number of ketones is 1. The summed E-state index contributed by atoms with van der Waals surface area (Å²) >= 11 is 0. The number of carbonyl (C=O) groups is 2. The van der Waals surface area contributed by atoms with Crippen molar-refractivity contribution in [3.05, 3.63) is 59.4 Å². The molecule has 2 aromatic carbocycles. The molecule has 0 unspecified atom stereocenters. The average Bonchev–Trinajstić information content (AvgIpc) is 2.66. The highest BCUT2D eigenvalue weighted by Crippen LogP contribution is 2.22. The molecule has 0 spiro atoms. The molecule has 0 aliphatic rings. The van der Waals surface area contributed by atoms with Crippen LogP contribution in [-0.2, 0) is 26.0 Å². The maximum absolute atomic E-state index is 12.9. The molecule has 0 aliphatic heterocycles. The third-order valence-corrected chi connectivity index (χ3v) is 5.64. The lowest BCUT2D eigenvalue weighted by molar-refractivity contribution is -0.144. The van der Waals surface area contributed by atoms with Gasteiger partial charge in [-0.25, -0.2) is 12.8 Å². The Balaban J connectivity index is 1.99. The minimum absolute atomic E-state index is 0.0607. The summed E-state index contributed by atoms with van der Waals surface area (Å²) in [5.74, 6) is -1.36. The van der Waals surface area contributed by atoms with Gasteiger partial charge in [0.05, 0.1) is 23.7 Å². The van der Waals surface area contributed by atoms with Gasteiger partial charge in [0.1, 0.15) is 18.2 Å². The van der Waals surface area contributed by atoms with E-state index in [1.807, 2.05) is 0 Å². The highest BCUT2D eigenvalue weighted by Gasteiger charge is 2.18. The molecule has 0 bridgehead atoms. The minimum atomic E-state index is -3.73. The molecule has 0 aliphatic carbocycles. The molecule has 0 N–H and O–H groups in total. The number of ether oxygens (including phenoxy) is 2. The van der Waals surface area contributed by atoms with Crippen molar-refractivity contribution < 1.29 is 31.9 Å². The summed E-state index contributed by atoms with van der Waals surface area (Å²) < 4.78 is 47.9. The van der Waals surface area contributed by atoms with Crippen molar-refractivity contribution in [2.45, 2.75) is 31.8 Å². The van der Waals surface area contributed by atoms with Gasteiger partial charge in [0.25, 0.3) is 0 Å². The second kappa shape index (κ2) is 9.45. The van der Waals surface area contributed by atoms with E-state index in [1.165, 1.54) is 6.92 Å². The van der Waals surface area contributed by atoms with Crippen LogP contribution in [0.15, 0.2) is 47.4 Å². The van der Waals surface area contributed by atoms with E-state index in [0.29, 0.717) is 23.5 Å². The molecule has 150 valence electrons. The van der Waals surface area contributed by atoms with Gasteiger partial charge in [-0.3, -0.25) is 9.59 Å². The largest absolute Gasteiger partial charge is 0.493 e. The quantitative estimate of drug-likeness (QED) is 0.359. The first-order valence-electron chi connectivity index (χ1n) is 8.63. The highest BCUT2D eigenvalue weighted by molar-refractivity contribution is 7.91. The summed E-state index contributed by atoms with van der Waals surface area (Å²) in [4.78, 5) is 23.5. The summed E-state index contributed by atoms with van der Waals surface area (Å²) in [5, 5.41) is 0. The number of Topliss-reactive ketones (excluding diaryl/α,β-unsaturated/α-hetero) is 1. The van der Waals surface area contributed by atoms with Crippen molar-refractivity contribution in [2.24, 2.45) is 0 Å². The summed E-state index contributed by atoms with van der Waals surface area (Å²) in [6, 6.07) is 9.21. The Labute approximate surface area is 163 Å². The van der Waals surface area contributed by atoms with Crippen molar-refractivity contribution in [1.29, 1.82) is 0 Å². The van der Waals surface area contributed by atoms with E-state index in [-0.39, 0.29) is 23.7 Å². The van der Waals surface area contributed by atoms with Crippen LogP contribution in [0.3, 0.4) is 0 Å². The molecule has 0 aromatic heterocycles. The number of rotatable bonds is 9. The van der Waals surface area contributed by atoms with Crippen molar-refractivity contribution in [3.63, 3.8) is 0 Å². The highest BCUT2D eigenvalue weighted by atomic mass is 32.2. The van der Waals surface area contributed by atoms with Gasteiger partial charge >= 0.3 is 5.97 Å². The molecule has 0 saturated heterocycles. The van der Waals surface area contributed by atoms with Gasteiger partial charge in [-0.15, -0.1) is 0 Å². The lowest BCUT2D eigenvalue weighted by Crippen LogP contribution is -2.14. The summed E-state index contributed by atoms with van der Waals surface area (Å²) in [6.45, 7) is 3.48. The third-order valence-electron chi connectivity index (χ3n) is 3.90. The number of hydrogen-bond donors (Lipinski definition) is 0. The van der Waals surface area contributed by atoms with Crippen LogP contribution in [0.1, 0.15) is 36.2 Å². The van der Waals surface area contributed by atoms with Crippen molar-refractivity contribution >= 4 is 21.6 Å². The van der Waals surface area contributed by atoms with E-state index < -0.39 is 27.4 Å². The minimum Gasteiger partial charge on any atom is -0.493 e. The topological polar surface area (TPSA) is 86.7 Å². The average molecular weight is 408 g/mol. The van der Waals surface area contributed by atoms with Crippen LogP contribution in [0.5, 0.6) is 5.75 Å². The SMILES string of the molecule is CCOc1ccc(C(C)=O)cc1COC(=O)CCS(=O)(=O)c1ccc(F)cc1. The lowest BCUT2D eigenvalue weighted by Gasteiger charge is -2.12. The summed E-state index contributed by atoms with van der Waals surface area (Å²) in [6.07, 6.45) is -0.351. The molecule has 0 radical (unpaired) electrons. The summed E-state index contributed by atoms with van der Waals surface area (Å²) in [7, 11) is -3.73. The number of esters is 1. The Morgan fingerprint density at radius 2 is 1.75 bits per heavy atom. The molecule has 2 aromatic rings. The van der Waals surface area contributed by atoms with Crippen LogP contribution >= 0.6 is 0 Å². The molecule has 6 nitrogen and oxygen atoms in total. The molecule has 0 saturated carbocycles. The van der Waals surface area contributed by atoms with Crippen molar-refractivity contribution in [2.75, 3.05) is 12.4 Å². The Kier molecular flexibility index (Phi) is 7.28. The molecule has 2 rings (SSSR count). The number of carbonyl (C=O) groups excluding carboxylic acids is 2. The third kappa shape index (κ3) is 5.88. The second-order valence-electron chi connectivity index (χ2n) is 6.00. The molecule has 0 amide bonds. The van der Waals surface area contributed by atoms with Crippen LogP contribution in [0, 0.1) is 5.82 Å². The zero-order valence-electron chi connectivity index (χ0n) is 15.6. The fraction of sp³-hybridized carbons (Fsp3) is 0.300. The zero-order valence-corrected chi connectivity index (χ0v) is 16.4. The van der Waals surface area contributed by atoms with E-state index in [9.17, 15) is 22.4 Å². The smallest absolute Gasteiger partial charge is 0.307 e. The monoisotopic (exact) mass is 408 g/mol. The molecular weight excluding hydrogens is 387 g/mol. The van der Waals surface area contributed by atoms with E-state index in [0.717, 1.165) is 24.3 Å². The maximum Gasteiger partial charge on any atom is 0.307 e. The Morgan fingerprint density at radius 3 is 2.36 bits per heavy atom. The van der Waals surface area contributed by atoms with Crippen molar-refractivity contribution in [1.82, 2.24) is 0 Å². The van der Waals surface area contributed by atoms with Gasteiger partial charge in [0.2, 0.25) is 0 Å². The van der Waals surface area contributed by atoms with E-state index >= 15 is 0 Å². The van der Waals surface area contributed by atoms with Crippen molar-refractivity contribution in [3.8, 4) is 5.75 Å². The van der Waals surface area contributed by atoms with Crippen LogP contribution < -0.4 is 4.74 Å². The van der Waals surface area contributed by atoms with Gasteiger partial charge in [-0.2, -0.15) is 0 Å². The first-order valence-corrected chi connectivity index (χ1v) is 10.3. The lowest BCUT2D eigenvalue weighted by atomic mass is 10.1. The van der Waals surface area contributed by atoms with Gasteiger partial charge in [-0.05, 0) is 56.3 Å². The maximum atomic E-state index is 12.9. The predicted molar refractivity (Wildman–Crippen MR) is 100 cm³/mol. The van der Waals surface area contributed by atoms with E-state index in [2.05, 4.69) is 0 Å². The van der Waals surface area contributed by atoms with Gasteiger partial charge in [0.15, 0.2) is 15.6 Å². The summed E-state index contributed by atoms with van der Waals surface area (Å²) in [5.41, 5.74) is 0.970. The number of halogens is 1. The zero-order chi connectivity index (χ0) is 20.7. The second-order valence-corrected chi connectivity index (χ2v) is 8.10.